The maximum atomic E-state index is 13.0. The lowest BCUT2D eigenvalue weighted by atomic mass is 9.96. The fourth-order valence-electron chi connectivity index (χ4n) is 1.32. The normalized spacial score (nSPS) is 13.0. The number of rotatable bonds is 3. The second-order valence-electron chi connectivity index (χ2n) is 3.66. The molecule has 0 heterocycles. The Labute approximate surface area is 83.9 Å². The highest BCUT2D eigenvalue weighted by molar-refractivity contribution is 5.36. The van der Waals surface area contributed by atoms with Crippen LogP contribution < -0.4 is 10.5 Å². The molecule has 78 valence electrons. The summed E-state index contributed by atoms with van der Waals surface area (Å²) < 4.78 is 18.1. The molecule has 0 fully saturated rings. The Hall–Kier alpha value is -1.09. The Morgan fingerprint density at radius 1 is 1.36 bits per heavy atom. The molecular weight excluding hydrogens is 181 g/mol. The highest BCUT2D eigenvalue weighted by Gasteiger charge is 2.15. The summed E-state index contributed by atoms with van der Waals surface area (Å²) in [7, 11) is 1.56. The summed E-state index contributed by atoms with van der Waals surface area (Å²) in [5, 5.41) is 0. The first-order valence-corrected chi connectivity index (χ1v) is 4.65. The van der Waals surface area contributed by atoms with E-state index in [0.29, 0.717) is 5.75 Å². The van der Waals surface area contributed by atoms with Crippen LogP contribution in [0.4, 0.5) is 4.39 Å². The van der Waals surface area contributed by atoms with Crippen molar-refractivity contribution in [3.05, 3.63) is 29.6 Å². The monoisotopic (exact) mass is 197 g/mol. The zero-order valence-corrected chi connectivity index (χ0v) is 8.75. The lowest BCUT2D eigenvalue weighted by Gasteiger charge is -2.18. The topological polar surface area (TPSA) is 35.2 Å². The van der Waals surface area contributed by atoms with Gasteiger partial charge in [0, 0.05) is 11.6 Å². The lowest BCUT2D eigenvalue weighted by Crippen LogP contribution is -2.17. The van der Waals surface area contributed by atoms with Gasteiger partial charge in [-0.05, 0) is 24.1 Å². The molecule has 1 aromatic carbocycles. The number of benzene rings is 1. The van der Waals surface area contributed by atoms with Crippen molar-refractivity contribution in [2.45, 2.75) is 19.9 Å². The second-order valence-corrected chi connectivity index (χ2v) is 3.66. The van der Waals surface area contributed by atoms with Crippen LogP contribution in [0.5, 0.6) is 5.75 Å². The summed E-state index contributed by atoms with van der Waals surface area (Å²) in [6, 6.07) is 4.21. The number of nitrogens with two attached hydrogens (primary N) is 1. The maximum Gasteiger partial charge on any atom is 0.123 e. The fraction of sp³-hybridized carbons (Fsp3) is 0.455. The first kappa shape index (κ1) is 11.0. The average molecular weight is 197 g/mol. The minimum absolute atomic E-state index is 0.194. The smallest absolute Gasteiger partial charge is 0.123 e. The highest BCUT2D eigenvalue weighted by atomic mass is 19.1. The van der Waals surface area contributed by atoms with Crippen molar-refractivity contribution in [2.24, 2.45) is 11.7 Å². The van der Waals surface area contributed by atoms with Gasteiger partial charge in [0.1, 0.15) is 11.6 Å². The molecule has 0 unspecified atom stereocenters. The van der Waals surface area contributed by atoms with Crippen molar-refractivity contribution in [3.63, 3.8) is 0 Å². The Morgan fingerprint density at radius 3 is 2.50 bits per heavy atom. The maximum absolute atomic E-state index is 13.0. The van der Waals surface area contributed by atoms with E-state index in [2.05, 4.69) is 0 Å². The Kier molecular flexibility index (Phi) is 3.47. The van der Waals surface area contributed by atoms with E-state index in [1.54, 1.807) is 13.2 Å². The molecule has 3 heteroatoms. The van der Waals surface area contributed by atoms with Gasteiger partial charge in [0.05, 0.1) is 7.11 Å². The van der Waals surface area contributed by atoms with Gasteiger partial charge in [-0.3, -0.25) is 0 Å². The quantitative estimate of drug-likeness (QED) is 0.808. The molecule has 0 bridgehead atoms. The van der Waals surface area contributed by atoms with Crippen molar-refractivity contribution in [3.8, 4) is 5.75 Å². The molecule has 0 radical (unpaired) electrons. The van der Waals surface area contributed by atoms with Gasteiger partial charge in [-0.2, -0.15) is 0 Å². The molecule has 0 spiro atoms. The van der Waals surface area contributed by atoms with Crippen LogP contribution >= 0.6 is 0 Å². The van der Waals surface area contributed by atoms with E-state index in [0.717, 1.165) is 5.56 Å². The molecule has 0 amide bonds. The van der Waals surface area contributed by atoms with Gasteiger partial charge in [-0.1, -0.05) is 13.8 Å². The van der Waals surface area contributed by atoms with E-state index >= 15 is 0 Å². The number of hydrogen-bond acceptors (Lipinski definition) is 2. The predicted octanol–water partition coefficient (Wildman–Crippen LogP) is 2.49. The van der Waals surface area contributed by atoms with Crippen LogP contribution in [0.3, 0.4) is 0 Å². The van der Waals surface area contributed by atoms with Gasteiger partial charge in [-0.25, -0.2) is 4.39 Å². The molecular formula is C11H16FNO. The Bertz CT molecular complexity index is 312. The van der Waals surface area contributed by atoms with Crippen molar-refractivity contribution < 1.29 is 9.13 Å². The summed E-state index contributed by atoms with van der Waals surface area (Å²) in [6.45, 7) is 3.99. The molecule has 1 rings (SSSR count). The molecule has 2 N–H and O–H groups in total. The molecule has 2 nitrogen and oxygen atoms in total. The molecule has 0 aliphatic heterocycles. The van der Waals surface area contributed by atoms with Crippen molar-refractivity contribution >= 4 is 0 Å². The summed E-state index contributed by atoms with van der Waals surface area (Å²) >= 11 is 0. The molecule has 0 saturated carbocycles. The van der Waals surface area contributed by atoms with Crippen molar-refractivity contribution in [1.29, 1.82) is 0 Å². The van der Waals surface area contributed by atoms with Crippen LogP contribution in [0.15, 0.2) is 18.2 Å². The molecule has 0 aromatic heterocycles. The summed E-state index contributed by atoms with van der Waals surface area (Å²) in [4.78, 5) is 0. The van der Waals surface area contributed by atoms with Crippen LogP contribution in [0, 0.1) is 11.7 Å². The first-order chi connectivity index (χ1) is 6.56. The van der Waals surface area contributed by atoms with Crippen molar-refractivity contribution in [1.82, 2.24) is 0 Å². The highest BCUT2D eigenvalue weighted by Crippen LogP contribution is 2.28. The predicted molar refractivity (Wildman–Crippen MR) is 54.7 cm³/mol. The van der Waals surface area contributed by atoms with E-state index in [1.165, 1.54) is 12.1 Å². The van der Waals surface area contributed by atoms with Crippen molar-refractivity contribution in [2.75, 3.05) is 7.11 Å². The number of halogens is 1. The minimum atomic E-state index is -0.281. The second kappa shape index (κ2) is 4.42. The molecule has 1 atom stereocenters. The van der Waals surface area contributed by atoms with E-state index in [1.807, 2.05) is 13.8 Å². The van der Waals surface area contributed by atoms with Crippen LogP contribution in [-0.2, 0) is 0 Å². The van der Waals surface area contributed by atoms with Gasteiger partial charge >= 0.3 is 0 Å². The van der Waals surface area contributed by atoms with Gasteiger partial charge in [0.25, 0.3) is 0 Å². The van der Waals surface area contributed by atoms with Gasteiger partial charge < -0.3 is 10.5 Å². The standard InChI is InChI=1S/C11H16FNO/c1-7(2)11(13)9-6-8(12)4-5-10(9)14-3/h4-7,11H,13H2,1-3H3/t11-/m1/s1. The molecule has 1 aromatic rings. The fourth-order valence-corrected chi connectivity index (χ4v) is 1.32. The zero-order valence-electron chi connectivity index (χ0n) is 8.75. The van der Waals surface area contributed by atoms with Gasteiger partial charge in [0.2, 0.25) is 0 Å². The third-order valence-electron chi connectivity index (χ3n) is 2.27. The third kappa shape index (κ3) is 2.23. The Morgan fingerprint density at radius 2 is 2.00 bits per heavy atom. The largest absolute Gasteiger partial charge is 0.496 e. The molecule has 14 heavy (non-hydrogen) atoms. The summed E-state index contributed by atoms with van der Waals surface area (Å²) in [5.41, 5.74) is 6.66. The Balaban J connectivity index is 3.10. The molecule has 0 aliphatic rings. The minimum Gasteiger partial charge on any atom is -0.496 e. The van der Waals surface area contributed by atoms with Gasteiger partial charge in [-0.15, -0.1) is 0 Å². The number of hydrogen-bond donors (Lipinski definition) is 1. The SMILES string of the molecule is COc1ccc(F)cc1[C@H](N)C(C)C. The summed E-state index contributed by atoms with van der Waals surface area (Å²) in [6.07, 6.45) is 0. The van der Waals surface area contributed by atoms with E-state index in [-0.39, 0.29) is 17.8 Å². The van der Waals surface area contributed by atoms with Crippen LogP contribution in [0.1, 0.15) is 25.5 Å². The van der Waals surface area contributed by atoms with E-state index in [4.69, 9.17) is 10.5 Å². The number of methoxy groups -OCH3 is 1. The van der Waals surface area contributed by atoms with Crippen LogP contribution in [0.2, 0.25) is 0 Å². The van der Waals surface area contributed by atoms with E-state index in [9.17, 15) is 4.39 Å². The lowest BCUT2D eigenvalue weighted by molar-refractivity contribution is 0.394. The van der Waals surface area contributed by atoms with Crippen LogP contribution in [-0.4, -0.2) is 7.11 Å². The average Bonchev–Trinajstić information content (AvgIpc) is 2.16. The van der Waals surface area contributed by atoms with Gasteiger partial charge in [0.15, 0.2) is 0 Å². The summed E-state index contributed by atoms with van der Waals surface area (Å²) in [5.74, 6) is 0.621. The first-order valence-electron chi connectivity index (χ1n) is 4.65. The van der Waals surface area contributed by atoms with E-state index < -0.39 is 0 Å². The molecule has 0 saturated heterocycles. The number of ether oxygens (including phenoxy) is 1. The molecule has 0 aliphatic carbocycles. The zero-order chi connectivity index (χ0) is 10.7. The van der Waals surface area contributed by atoms with Crippen LogP contribution in [0.25, 0.3) is 0 Å². The third-order valence-corrected chi connectivity index (χ3v) is 2.27.